The van der Waals surface area contributed by atoms with Crippen molar-refractivity contribution in [1.82, 2.24) is 0 Å². The fourth-order valence-electron chi connectivity index (χ4n) is 2.94. The maximum absolute atomic E-state index is 12.0. The van der Waals surface area contributed by atoms with Gasteiger partial charge in [-0.1, -0.05) is 12.1 Å². The first-order valence-electron chi connectivity index (χ1n) is 8.70. The average molecular weight is 464 g/mol. The van der Waals surface area contributed by atoms with Gasteiger partial charge in [-0.3, -0.25) is 4.79 Å². The molecule has 2 aromatic rings. The Kier molecular flexibility index (Phi) is 6.49. The van der Waals surface area contributed by atoms with E-state index in [2.05, 4.69) is 32.8 Å². The molecule has 0 radical (unpaired) electrons. The number of carbonyl (C=O) groups is 2. The molecule has 0 saturated carbocycles. The number of amides is 1. The molecule has 26 heavy (non-hydrogen) atoms. The molecule has 0 bridgehead atoms. The lowest BCUT2D eigenvalue weighted by molar-refractivity contribution is -0.119. The summed E-state index contributed by atoms with van der Waals surface area (Å²) in [5.41, 5.74) is 2.33. The smallest absolute Gasteiger partial charge is 0.339 e. The molecular formula is C20H21IN2O3. The second-order valence-electron chi connectivity index (χ2n) is 6.20. The molecule has 0 atom stereocenters. The first-order valence-corrected chi connectivity index (χ1v) is 9.78. The maximum Gasteiger partial charge on any atom is 0.339 e. The first kappa shape index (κ1) is 18.7. The average Bonchev–Trinajstić information content (AvgIpc) is 2.68. The van der Waals surface area contributed by atoms with Crippen molar-refractivity contribution in [3.05, 3.63) is 57.7 Å². The van der Waals surface area contributed by atoms with Gasteiger partial charge in [0, 0.05) is 28.0 Å². The molecule has 0 aromatic heterocycles. The Labute approximate surface area is 166 Å². The number of hydrogen-bond acceptors (Lipinski definition) is 4. The molecule has 0 aliphatic carbocycles. The summed E-state index contributed by atoms with van der Waals surface area (Å²) in [6.45, 7) is 1.86. The summed E-state index contributed by atoms with van der Waals surface area (Å²) in [6, 6.07) is 14.9. The summed E-state index contributed by atoms with van der Waals surface area (Å²) >= 11 is 2.07. The van der Waals surface area contributed by atoms with Crippen molar-refractivity contribution in [1.29, 1.82) is 0 Å². The number of carbonyl (C=O) groups excluding carboxylic acids is 2. The van der Waals surface area contributed by atoms with Gasteiger partial charge in [-0.2, -0.15) is 0 Å². The number of anilines is 2. The zero-order valence-electron chi connectivity index (χ0n) is 14.4. The van der Waals surface area contributed by atoms with Crippen LogP contribution in [0.3, 0.4) is 0 Å². The van der Waals surface area contributed by atoms with Crippen molar-refractivity contribution in [2.75, 3.05) is 29.9 Å². The lowest BCUT2D eigenvalue weighted by Gasteiger charge is -2.28. The minimum absolute atomic E-state index is 0.308. The molecule has 1 N–H and O–H groups in total. The number of nitrogens with one attached hydrogen (secondary N) is 1. The monoisotopic (exact) mass is 464 g/mol. The number of halogens is 1. The van der Waals surface area contributed by atoms with Gasteiger partial charge >= 0.3 is 5.97 Å². The van der Waals surface area contributed by atoms with E-state index in [0.29, 0.717) is 11.3 Å². The van der Waals surface area contributed by atoms with Crippen molar-refractivity contribution in [3.8, 4) is 0 Å². The van der Waals surface area contributed by atoms with E-state index < -0.39 is 5.97 Å². The minimum Gasteiger partial charge on any atom is -0.452 e. The number of benzene rings is 2. The van der Waals surface area contributed by atoms with Gasteiger partial charge in [0.2, 0.25) is 0 Å². The molecule has 1 aliphatic rings. The lowest BCUT2D eigenvalue weighted by atomic mass is 10.1. The molecule has 0 spiro atoms. The predicted octanol–water partition coefficient (Wildman–Crippen LogP) is 4.08. The van der Waals surface area contributed by atoms with Gasteiger partial charge in [-0.15, -0.1) is 0 Å². The molecule has 1 saturated heterocycles. The van der Waals surface area contributed by atoms with Gasteiger partial charge in [0.1, 0.15) is 0 Å². The van der Waals surface area contributed by atoms with Crippen LogP contribution in [0.4, 0.5) is 11.4 Å². The van der Waals surface area contributed by atoms with Crippen LogP contribution in [0.2, 0.25) is 0 Å². The van der Waals surface area contributed by atoms with E-state index >= 15 is 0 Å². The molecular weight excluding hydrogens is 443 g/mol. The fraction of sp³-hybridized carbons (Fsp3) is 0.300. The van der Waals surface area contributed by atoms with Crippen LogP contribution >= 0.6 is 22.6 Å². The molecule has 1 heterocycles. The number of piperidine rings is 1. The third-order valence-corrected chi connectivity index (χ3v) is 5.24. The number of hydrogen-bond donors (Lipinski definition) is 1. The zero-order valence-corrected chi connectivity index (χ0v) is 16.6. The topological polar surface area (TPSA) is 58.6 Å². The van der Waals surface area contributed by atoms with E-state index in [0.717, 1.165) is 16.7 Å². The Morgan fingerprint density at radius 1 is 1.00 bits per heavy atom. The highest BCUT2D eigenvalue weighted by Crippen LogP contribution is 2.21. The van der Waals surface area contributed by atoms with Crippen LogP contribution < -0.4 is 10.2 Å². The van der Waals surface area contributed by atoms with E-state index in [1.54, 1.807) is 12.1 Å². The SMILES string of the molecule is O=C(COC(=O)c1ccccc1I)Nc1ccc(N2CCCCC2)cc1. The molecule has 3 rings (SSSR count). The zero-order chi connectivity index (χ0) is 18.4. The summed E-state index contributed by atoms with van der Waals surface area (Å²) < 4.78 is 5.89. The summed E-state index contributed by atoms with van der Waals surface area (Å²) in [4.78, 5) is 26.4. The largest absolute Gasteiger partial charge is 0.452 e. The molecule has 6 heteroatoms. The maximum atomic E-state index is 12.0. The molecule has 0 unspecified atom stereocenters. The van der Waals surface area contributed by atoms with Crippen LogP contribution in [-0.2, 0) is 9.53 Å². The van der Waals surface area contributed by atoms with Gasteiger partial charge in [0.05, 0.1) is 5.56 Å². The van der Waals surface area contributed by atoms with E-state index in [4.69, 9.17) is 4.74 Å². The van der Waals surface area contributed by atoms with Crippen LogP contribution in [0.5, 0.6) is 0 Å². The van der Waals surface area contributed by atoms with Gasteiger partial charge < -0.3 is 15.0 Å². The number of rotatable bonds is 5. The molecule has 136 valence electrons. The highest BCUT2D eigenvalue weighted by Gasteiger charge is 2.14. The van der Waals surface area contributed by atoms with Gasteiger partial charge in [-0.05, 0) is 78.3 Å². The van der Waals surface area contributed by atoms with E-state index in [1.807, 2.05) is 36.4 Å². The Balaban J connectivity index is 1.50. The fourth-order valence-corrected chi connectivity index (χ4v) is 3.55. The number of nitrogens with zero attached hydrogens (tertiary/aromatic N) is 1. The van der Waals surface area contributed by atoms with Crippen LogP contribution in [0, 0.1) is 3.57 Å². The van der Waals surface area contributed by atoms with Crippen LogP contribution in [0.1, 0.15) is 29.6 Å². The molecule has 1 fully saturated rings. The second kappa shape index (κ2) is 9.02. The summed E-state index contributed by atoms with van der Waals surface area (Å²) in [5, 5.41) is 2.76. The summed E-state index contributed by atoms with van der Waals surface area (Å²) in [7, 11) is 0. The van der Waals surface area contributed by atoms with Crippen LogP contribution in [0.25, 0.3) is 0 Å². The van der Waals surface area contributed by atoms with Crippen molar-refractivity contribution in [3.63, 3.8) is 0 Å². The normalized spacial score (nSPS) is 14.0. The van der Waals surface area contributed by atoms with E-state index in [1.165, 1.54) is 24.9 Å². The Morgan fingerprint density at radius 3 is 2.38 bits per heavy atom. The second-order valence-corrected chi connectivity index (χ2v) is 7.36. The van der Waals surface area contributed by atoms with E-state index in [9.17, 15) is 9.59 Å². The third-order valence-electron chi connectivity index (χ3n) is 4.30. The predicted molar refractivity (Wildman–Crippen MR) is 111 cm³/mol. The number of ether oxygens (including phenoxy) is 1. The lowest BCUT2D eigenvalue weighted by Crippen LogP contribution is -2.29. The standard InChI is InChI=1S/C20H21IN2O3/c21-18-7-3-2-6-17(18)20(25)26-14-19(24)22-15-8-10-16(11-9-15)23-12-4-1-5-13-23/h2-3,6-11H,1,4-5,12-14H2,(H,22,24). The molecule has 5 nitrogen and oxygen atoms in total. The van der Waals surface area contributed by atoms with Crippen LogP contribution in [0.15, 0.2) is 48.5 Å². The summed E-state index contributed by atoms with van der Waals surface area (Å²) in [5.74, 6) is -0.847. The Morgan fingerprint density at radius 2 is 1.69 bits per heavy atom. The molecule has 1 amide bonds. The molecule has 2 aromatic carbocycles. The third kappa shape index (κ3) is 4.97. The van der Waals surface area contributed by atoms with Gasteiger partial charge in [0.15, 0.2) is 6.61 Å². The minimum atomic E-state index is -0.495. The van der Waals surface area contributed by atoms with Crippen molar-refractivity contribution in [2.45, 2.75) is 19.3 Å². The van der Waals surface area contributed by atoms with E-state index in [-0.39, 0.29) is 12.5 Å². The Hall–Kier alpha value is -2.09. The van der Waals surface area contributed by atoms with Crippen molar-refractivity contribution < 1.29 is 14.3 Å². The summed E-state index contributed by atoms with van der Waals surface area (Å²) in [6.07, 6.45) is 3.75. The molecule has 1 aliphatic heterocycles. The van der Waals surface area contributed by atoms with Gasteiger partial charge in [-0.25, -0.2) is 4.79 Å². The first-order chi connectivity index (χ1) is 12.6. The highest BCUT2D eigenvalue weighted by atomic mass is 127. The highest BCUT2D eigenvalue weighted by molar-refractivity contribution is 14.1. The number of esters is 1. The Bertz CT molecular complexity index is 771. The quantitative estimate of drug-likeness (QED) is 0.536. The van der Waals surface area contributed by atoms with Crippen molar-refractivity contribution in [2.24, 2.45) is 0 Å². The van der Waals surface area contributed by atoms with Crippen LogP contribution in [-0.4, -0.2) is 31.6 Å². The van der Waals surface area contributed by atoms with Crippen molar-refractivity contribution >= 4 is 45.8 Å². The van der Waals surface area contributed by atoms with Gasteiger partial charge in [0.25, 0.3) is 5.91 Å².